The Bertz CT molecular complexity index is 999. The van der Waals surface area contributed by atoms with Crippen molar-refractivity contribution in [2.24, 2.45) is 5.92 Å². The minimum atomic E-state index is -3.52. The molecular formula is C23H29N3O4S. The van der Waals surface area contributed by atoms with Crippen LogP contribution in [-0.2, 0) is 19.6 Å². The maximum Gasteiger partial charge on any atom is 0.243 e. The molecule has 0 aliphatic carbocycles. The van der Waals surface area contributed by atoms with Gasteiger partial charge in [0.2, 0.25) is 21.8 Å². The van der Waals surface area contributed by atoms with Crippen LogP contribution in [0.25, 0.3) is 0 Å². The molecule has 8 heteroatoms. The zero-order valence-electron chi connectivity index (χ0n) is 17.9. The number of hydrogen-bond donors (Lipinski definition) is 2. The van der Waals surface area contributed by atoms with E-state index in [1.165, 1.54) is 4.31 Å². The molecule has 2 aromatic rings. The summed E-state index contributed by atoms with van der Waals surface area (Å²) in [6.07, 6.45) is 1.40. The Morgan fingerprint density at radius 3 is 2.23 bits per heavy atom. The Labute approximate surface area is 183 Å². The van der Waals surface area contributed by atoms with E-state index in [1.54, 1.807) is 37.3 Å². The molecule has 1 fully saturated rings. The van der Waals surface area contributed by atoms with Crippen LogP contribution in [-0.4, -0.2) is 37.6 Å². The first-order valence-corrected chi connectivity index (χ1v) is 12.0. The van der Waals surface area contributed by atoms with Crippen molar-refractivity contribution in [2.45, 2.75) is 44.0 Å². The van der Waals surface area contributed by atoms with E-state index in [0.717, 1.165) is 11.3 Å². The number of carbonyl (C=O) groups is 2. The van der Waals surface area contributed by atoms with Crippen molar-refractivity contribution >= 4 is 27.5 Å². The third-order valence-corrected chi connectivity index (χ3v) is 7.49. The molecule has 2 N–H and O–H groups in total. The molecule has 1 aliphatic rings. The number of carbonyl (C=O) groups excluding carboxylic acids is 2. The highest BCUT2D eigenvalue weighted by Gasteiger charge is 2.32. The molecule has 0 saturated carbocycles. The second kappa shape index (κ2) is 10.1. The van der Waals surface area contributed by atoms with Gasteiger partial charge >= 0.3 is 0 Å². The molecular weight excluding hydrogens is 414 g/mol. The third-order valence-electron chi connectivity index (χ3n) is 5.58. The third kappa shape index (κ3) is 5.71. The second-order valence-corrected chi connectivity index (χ2v) is 9.68. The van der Waals surface area contributed by atoms with Crippen molar-refractivity contribution in [1.29, 1.82) is 0 Å². The van der Waals surface area contributed by atoms with Gasteiger partial charge in [0.1, 0.15) is 0 Å². The van der Waals surface area contributed by atoms with Gasteiger partial charge in [0, 0.05) is 31.1 Å². The summed E-state index contributed by atoms with van der Waals surface area (Å²) in [7, 11) is -3.52. The fourth-order valence-corrected chi connectivity index (χ4v) is 5.11. The van der Waals surface area contributed by atoms with E-state index in [-0.39, 0.29) is 28.7 Å². The highest BCUT2D eigenvalue weighted by molar-refractivity contribution is 7.89. The van der Waals surface area contributed by atoms with Gasteiger partial charge in [-0.05, 0) is 49.6 Å². The van der Waals surface area contributed by atoms with E-state index in [0.29, 0.717) is 32.4 Å². The van der Waals surface area contributed by atoms with E-state index >= 15 is 0 Å². The molecule has 1 aliphatic heterocycles. The van der Waals surface area contributed by atoms with E-state index in [9.17, 15) is 18.0 Å². The number of rotatable bonds is 7. The van der Waals surface area contributed by atoms with Gasteiger partial charge < -0.3 is 10.6 Å². The first-order valence-electron chi connectivity index (χ1n) is 10.6. The molecule has 1 heterocycles. The zero-order chi connectivity index (χ0) is 22.4. The van der Waals surface area contributed by atoms with Crippen LogP contribution in [0.1, 0.15) is 44.7 Å². The van der Waals surface area contributed by atoms with Crippen LogP contribution >= 0.6 is 0 Å². The van der Waals surface area contributed by atoms with Crippen LogP contribution in [0.4, 0.5) is 5.69 Å². The van der Waals surface area contributed by atoms with Crippen molar-refractivity contribution < 1.29 is 18.0 Å². The molecule has 2 aromatic carbocycles. The number of sulfonamides is 1. The van der Waals surface area contributed by atoms with Crippen LogP contribution < -0.4 is 10.6 Å². The lowest BCUT2D eigenvalue weighted by Crippen LogP contribution is -2.43. The van der Waals surface area contributed by atoms with Gasteiger partial charge in [0.05, 0.1) is 10.9 Å². The summed E-state index contributed by atoms with van der Waals surface area (Å²) in [6.45, 7) is 4.36. The van der Waals surface area contributed by atoms with Crippen LogP contribution in [0, 0.1) is 5.92 Å². The van der Waals surface area contributed by atoms with E-state index in [1.807, 2.05) is 31.2 Å². The Hall–Kier alpha value is -2.71. The van der Waals surface area contributed by atoms with Gasteiger partial charge in [0.25, 0.3) is 0 Å². The molecule has 7 nitrogen and oxygen atoms in total. The van der Waals surface area contributed by atoms with Gasteiger partial charge in [-0.2, -0.15) is 4.31 Å². The summed E-state index contributed by atoms with van der Waals surface area (Å²) in [4.78, 5) is 24.5. The second-order valence-electron chi connectivity index (χ2n) is 7.75. The summed E-state index contributed by atoms with van der Waals surface area (Å²) < 4.78 is 26.9. The predicted molar refractivity (Wildman–Crippen MR) is 120 cm³/mol. The summed E-state index contributed by atoms with van der Waals surface area (Å²) in [5, 5.41) is 5.83. The van der Waals surface area contributed by atoms with Gasteiger partial charge in [-0.3, -0.25) is 9.59 Å². The first kappa shape index (κ1) is 23.0. The monoisotopic (exact) mass is 443 g/mol. The Morgan fingerprint density at radius 1 is 1.03 bits per heavy atom. The number of nitrogens with one attached hydrogen (secondary N) is 2. The quantitative estimate of drug-likeness (QED) is 0.686. The van der Waals surface area contributed by atoms with Crippen LogP contribution in [0.5, 0.6) is 0 Å². The van der Waals surface area contributed by atoms with Crippen molar-refractivity contribution in [2.75, 3.05) is 18.4 Å². The maximum absolute atomic E-state index is 12.7. The average molecular weight is 444 g/mol. The highest BCUT2D eigenvalue weighted by atomic mass is 32.2. The minimum absolute atomic E-state index is 0.0466. The molecule has 1 unspecified atom stereocenters. The maximum atomic E-state index is 12.7. The van der Waals surface area contributed by atoms with E-state index in [4.69, 9.17) is 0 Å². The lowest BCUT2D eigenvalue weighted by atomic mass is 9.96. The smallest absolute Gasteiger partial charge is 0.243 e. The van der Waals surface area contributed by atoms with Gasteiger partial charge in [0.15, 0.2) is 0 Å². The molecule has 0 radical (unpaired) electrons. The average Bonchev–Trinajstić information content (AvgIpc) is 2.80. The number of amides is 2. The molecule has 3 rings (SSSR count). The number of piperidine rings is 1. The molecule has 1 atom stereocenters. The van der Waals surface area contributed by atoms with E-state index < -0.39 is 10.0 Å². The number of nitrogens with zero attached hydrogens (tertiary/aromatic N) is 1. The summed E-state index contributed by atoms with van der Waals surface area (Å²) >= 11 is 0. The van der Waals surface area contributed by atoms with Crippen molar-refractivity contribution in [3.8, 4) is 0 Å². The molecule has 0 bridgehead atoms. The standard InChI is InChI=1S/C23H29N3O4S/c1-3-22(27)25-20-11-9-18(10-12-20)17(2)24-23(28)19-13-15-26(16-14-19)31(29,30)21-7-5-4-6-8-21/h4-12,17,19H,3,13-16H2,1-2H3,(H,24,28)(H,25,27). The number of anilines is 1. The van der Waals surface area contributed by atoms with Crippen LogP contribution in [0.3, 0.4) is 0 Å². The molecule has 1 saturated heterocycles. The first-order chi connectivity index (χ1) is 14.8. The predicted octanol–water partition coefficient (Wildman–Crippen LogP) is 3.31. The van der Waals surface area contributed by atoms with Crippen molar-refractivity contribution in [3.05, 3.63) is 60.2 Å². The summed E-state index contributed by atoms with van der Waals surface area (Å²) in [5.41, 5.74) is 1.66. The van der Waals surface area contributed by atoms with Gasteiger partial charge in [-0.25, -0.2) is 8.42 Å². The number of benzene rings is 2. The molecule has 0 aromatic heterocycles. The van der Waals surface area contributed by atoms with Gasteiger partial charge in [-0.1, -0.05) is 37.3 Å². The SMILES string of the molecule is CCC(=O)Nc1ccc(C(C)NC(=O)C2CCN(S(=O)(=O)c3ccccc3)CC2)cc1. The fourth-order valence-electron chi connectivity index (χ4n) is 3.62. The molecule has 2 amide bonds. The highest BCUT2D eigenvalue weighted by Crippen LogP contribution is 2.25. The minimum Gasteiger partial charge on any atom is -0.349 e. The molecule has 31 heavy (non-hydrogen) atoms. The molecule has 166 valence electrons. The van der Waals surface area contributed by atoms with E-state index in [2.05, 4.69) is 10.6 Å². The van der Waals surface area contributed by atoms with Gasteiger partial charge in [-0.15, -0.1) is 0 Å². The Kier molecular flexibility index (Phi) is 7.46. The largest absolute Gasteiger partial charge is 0.349 e. The van der Waals surface area contributed by atoms with Crippen molar-refractivity contribution in [1.82, 2.24) is 9.62 Å². The Morgan fingerprint density at radius 2 is 1.65 bits per heavy atom. The fraction of sp³-hybridized carbons (Fsp3) is 0.391. The van der Waals surface area contributed by atoms with Crippen molar-refractivity contribution in [3.63, 3.8) is 0 Å². The summed E-state index contributed by atoms with van der Waals surface area (Å²) in [6, 6.07) is 15.6. The van der Waals surface area contributed by atoms with Crippen LogP contribution in [0.2, 0.25) is 0 Å². The molecule has 0 spiro atoms. The topological polar surface area (TPSA) is 95.6 Å². The lowest BCUT2D eigenvalue weighted by molar-refractivity contribution is -0.126. The summed E-state index contributed by atoms with van der Waals surface area (Å²) in [5.74, 6) is -0.324. The Balaban J connectivity index is 1.53. The lowest BCUT2D eigenvalue weighted by Gasteiger charge is -2.31. The normalized spacial score (nSPS) is 16.5. The van der Waals surface area contributed by atoms with Crippen LogP contribution in [0.15, 0.2) is 59.5 Å². The zero-order valence-corrected chi connectivity index (χ0v) is 18.7. The number of hydrogen-bond acceptors (Lipinski definition) is 4.